The maximum atomic E-state index is 10.8. The monoisotopic (exact) mass is 525 g/mol. The van der Waals surface area contributed by atoms with Crippen molar-refractivity contribution < 1.29 is 8.78 Å². The van der Waals surface area contributed by atoms with E-state index >= 15 is 0 Å². The third-order valence-corrected chi connectivity index (χ3v) is 6.36. The number of nitriles is 1. The maximum Gasteiger partial charge on any atom is 0.241 e. The normalized spacial score (nSPS) is 18.5. The van der Waals surface area contributed by atoms with Crippen LogP contribution in [0.5, 0.6) is 0 Å². The van der Waals surface area contributed by atoms with Crippen LogP contribution in [0.15, 0.2) is 29.4 Å². The first-order chi connectivity index (χ1) is 18.0. The Kier molecular flexibility index (Phi) is 11.3. The number of aliphatic imine (C=N–C) groups is 1. The first kappa shape index (κ1) is 30.8. The molecule has 0 bridgehead atoms. The molecule has 206 valence electrons. The first-order valence-electron chi connectivity index (χ1n) is 13.4. The Bertz CT molecular complexity index is 1260. The van der Waals surface area contributed by atoms with Gasteiger partial charge in [-0.25, -0.2) is 18.3 Å². The molecule has 1 fully saturated rings. The first-order valence-corrected chi connectivity index (χ1v) is 13.4. The number of aryl methyl sites for hydroxylation is 2. The van der Waals surface area contributed by atoms with Gasteiger partial charge in [0.2, 0.25) is 12.4 Å². The van der Waals surface area contributed by atoms with Gasteiger partial charge in [0, 0.05) is 29.9 Å². The second-order valence-electron chi connectivity index (χ2n) is 9.79. The van der Waals surface area contributed by atoms with Gasteiger partial charge >= 0.3 is 0 Å². The van der Waals surface area contributed by atoms with E-state index in [1.54, 1.807) is 0 Å². The lowest BCUT2D eigenvalue weighted by atomic mass is 9.75. The van der Waals surface area contributed by atoms with Crippen LogP contribution in [0, 0.1) is 30.6 Å². The molecular formula is C29H41F2N7. The number of nitrogens with zero attached hydrogens (tertiary/aromatic N) is 6. The number of halogens is 2. The summed E-state index contributed by atoms with van der Waals surface area (Å²) >= 11 is 0. The minimum Gasteiger partial charge on any atom is -0.350 e. The quantitative estimate of drug-likeness (QED) is 0.340. The van der Waals surface area contributed by atoms with E-state index in [-0.39, 0.29) is 11.8 Å². The lowest BCUT2D eigenvalue weighted by molar-refractivity contribution is 0.144. The molecule has 0 amide bonds. The van der Waals surface area contributed by atoms with Gasteiger partial charge in [0.15, 0.2) is 0 Å². The van der Waals surface area contributed by atoms with Crippen LogP contribution in [-0.2, 0) is 0 Å². The van der Waals surface area contributed by atoms with Crippen molar-refractivity contribution in [3.8, 4) is 17.3 Å². The summed E-state index contributed by atoms with van der Waals surface area (Å²) < 4.78 is 23.4. The van der Waals surface area contributed by atoms with Crippen LogP contribution in [0.2, 0.25) is 0 Å². The zero-order valence-corrected chi connectivity index (χ0v) is 23.9. The molecule has 3 aromatic rings. The molecule has 1 aliphatic rings. The second kappa shape index (κ2) is 13.9. The molecule has 0 aromatic carbocycles. The van der Waals surface area contributed by atoms with Crippen molar-refractivity contribution in [2.75, 3.05) is 5.32 Å². The van der Waals surface area contributed by atoms with Crippen LogP contribution in [0.3, 0.4) is 0 Å². The minimum absolute atomic E-state index is 0.0278. The number of rotatable bonds is 5. The SMILES string of the molecule is CC.CC(C)=Nc1ccc(-c2ccn3nc(NC4CCC(C)(C#N)CC4)nc(C)c23)nc1C.CCC(F)F. The lowest BCUT2D eigenvalue weighted by Gasteiger charge is -2.32. The zero-order chi connectivity index (χ0) is 28.5. The highest BCUT2D eigenvalue weighted by Crippen LogP contribution is 2.36. The van der Waals surface area contributed by atoms with Crippen molar-refractivity contribution in [3.05, 3.63) is 35.8 Å². The van der Waals surface area contributed by atoms with E-state index in [0.29, 0.717) is 12.0 Å². The van der Waals surface area contributed by atoms with Crippen molar-refractivity contribution in [1.82, 2.24) is 19.6 Å². The standard InChI is InChI=1S/C24H29N7.C3H6F2.C2H6/c1-15(2)26-20-6-7-21(27-16(20)3)19-10-13-31-22(19)17(4)28-23(30-31)29-18-8-11-24(5,14-25)12-9-18;1-2-3(4)5;1-2/h6-7,10,13,18H,8-9,11-12H2,1-5H3,(H,29,30);3H,2H2,1H3;1-2H3. The molecule has 0 radical (unpaired) electrons. The molecule has 1 N–H and O–H groups in total. The van der Waals surface area contributed by atoms with E-state index in [1.165, 1.54) is 6.92 Å². The Balaban J connectivity index is 0.000000651. The highest BCUT2D eigenvalue weighted by molar-refractivity contribution is 5.84. The topological polar surface area (TPSA) is 91.3 Å². The summed E-state index contributed by atoms with van der Waals surface area (Å²) in [6.07, 6.45) is 3.53. The van der Waals surface area contributed by atoms with Crippen LogP contribution < -0.4 is 5.32 Å². The molecule has 0 atom stereocenters. The molecule has 0 saturated heterocycles. The predicted molar refractivity (Wildman–Crippen MR) is 151 cm³/mol. The van der Waals surface area contributed by atoms with Gasteiger partial charge in [-0.3, -0.25) is 9.98 Å². The number of alkyl halides is 2. The predicted octanol–water partition coefficient (Wildman–Crippen LogP) is 8.09. The second-order valence-corrected chi connectivity index (χ2v) is 9.79. The van der Waals surface area contributed by atoms with Crippen molar-refractivity contribution in [2.45, 2.75) is 100.0 Å². The molecule has 0 aliphatic heterocycles. The molecule has 1 saturated carbocycles. The van der Waals surface area contributed by atoms with Gasteiger partial charge in [0.1, 0.15) is 0 Å². The number of aromatic nitrogens is 4. The number of pyridine rings is 1. The number of hydrogen-bond acceptors (Lipinski definition) is 6. The molecule has 38 heavy (non-hydrogen) atoms. The Morgan fingerprint density at radius 1 is 1.16 bits per heavy atom. The van der Waals surface area contributed by atoms with Gasteiger partial charge < -0.3 is 5.32 Å². The number of fused-ring (bicyclic) bond motifs is 1. The van der Waals surface area contributed by atoms with Gasteiger partial charge in [-0.05, 0) is 78.5 Å². The Labute approximate surface area is 225 Å². The molecule has 9 heteroatoms. The molecule has 1 aliphatic carbocycles. The fraction of sp³-hybridized carbons (Fsp3) is 0.552. The fourth-order valence-electron chi connectivity index (χ4n) is 4.23. The Hall–Kier alpha value is -3.41. The highest BCUT2D eigenvalue weighted by Gasteiger charge is 2.31. The summed E-state index contributed by atoms with van der Waals surface area (Å²) in [5.41, 5.74) is 6.37. The van der Waals surface area contributed by atoms with Crippen molar-refractivity contribution in [1.29, 1.82) is 5.26 Å². The van der Waals surface area contributed by atoms with Crippen LogP contribution in [0.1, 0.15) is 85.0 Å². The van der Waals surface area contributed by atoms with Gasteiger partial charge in [-0.15, -0.1) is 5.10 Å². The van der Waals surface area contributed by atoms with E-state index < -0.39 is 6.43 Å². The summed E-state index contributed by atoms with van der Waals surface area (Å²) in [5, 5.41) is 17.5. The van der Waals surface area contributed by atoms with Gasteiger partial charge in [-0.1, -0.05) is 20.8 Å². The summed E-state index contributed by atoms with van der Waals surface area (Å²) in [7, 11) is 0. The Morgan fingerprint density at radius 3 is 2.32 bits per heavy atom. The third-order valence-electron chi connectivity index (χ3n) is 6.36. The maximum absolute atomic E-state index is 10.8. The number of hydrogen-bond donors (Lipinski definition) is 1. The van der Waals surface area contributed by atoms with E-state index in [2.05, 4.69) is 23.3 Å². The van der Waals surface area contributed by atoms with Crippen LogP contribution in [0.4, 0.5) is 20.4 Å². The molecular weight excluding hydrogens is 484 g/mol. The number of nitrogens with one attached hydrogen (secondary N) is 1. The van der Waals surface area contributed by atoms with E-state index in [0.717, 1.165) is 65.2 Å². The van der Waals surface area contributed by atoms with Crippen LogP contribution in [0.25, 0.3) is 16.8 Å². The van der Waals surface area contributed by atoms with E-state index in [1.807, 2.05) is 70.5 Å². The average Bonchev–Trinajstić information content (AvgIpc) is 3.33. The number of anilines is 1. The largest absolute Gasteiger partial charge is 0.350 e. The van der Waals surface area contributed by atoms with Crippen LogP contribution in [-0.4, -0.2) is 37.8 Å². The zero-order valence-electron chi connectivity index (χ0n) is 23.9. The van der Waals surface area contributed by atoms with Crippen molar-refractivity contribution >= 4 is 22.9 Å². The van der Waals surface area contributed by atoms with Gasteiger partial charge in [-0.2, -0.15) is 5.26 Å². The summed E-state index contributed by atoms with van der Waals surface area (Å²) in [5.74, 6) is 0.630. The Morgan fingerprint density at radius 2 is 1.79 bits per heavy atom. The molecule has 3 heterocycles. The van der Waals surface area contributed by atoms with Crippen molar-refractivity contribution in [3.63, 3.8) is 0 Å². The fourth-order valence-corrected chi connectivity index (χ4v) is 4.23. The molecule has 7 nitrogen and oxygen atoms in total. The van der Waals surface area contributed by atoms with E-state index in [4.69, 9.17) is 15.1 Å². The van der Waals surface area contributed by atoms with Crippen molar-refractivity contribution in [2.24, 2.45) is 10.4 Å². The smallest absolute Gasteiger partial charge is 0.241 e. The minimum atomic E-state index is -2.12. The van der Waals surface area contributed by atoms with Crippen LogP contribution >= 0.6 is 0 Å². The molecule has 3 aromatic heterocycles. The molecule has 0 unspecified atom stereocenters. The summed E-state index contributed by atoms with van der Waals surface area (Å²) in [6, 6.07) is 8.81. The van der Waals surface area contributed by atoms with Gasteiger partial charge in [0.05, 0.1) is 39.8 Å². The molecule has 4 rings (SSSR count). The summed E-state index contributed by atoms with van der Waals surface area (Å²) in [6.45, 7) is 15.5. The molecule has 0 spiro atoms. The average molecular weight is 526 g/mol. The van der Waals surface area contributed by atoms with Gasteiger partial charge in [0.25, 0.3) is 0 Å². The lowest BCUT2D eigenvalue weighted by Crippen LogP contribution is -2.31. The third kappa shape index (κ3) is 8.04. The highest BCUT2D eigenvalue weighted by atomic mass is 19.3. The van der Waals surface area contributed by atoms with E-state index in [9.17, 15) is 14.0 Å². The summed E-state index contributed by atoms with van der Waals surface area (Å²) in [4.78, 5) is 14.1.